The quantitative estimate of drug-likeness (QED) is 0.444. The molecule has 0 atom stereocenters. The van der Waals surface area contributed by atoms with E-state index < -0.39 is 0 Å². The molecule has 0 aromatic rings. The summed E-state index contributed by atoms with van der Waals surface area (Å²) in [6, 6.07) is 0. The Morgan fingerprint density at radius 1 is 1.50 bits per heavy atom. The van der Waals surface area contributed by atoms with Gasteiger partial charge in [0.05, 0.1) is 13.7 Å². The van der Waals surface area contributed by atoms with Gasteiger partial charge >= 0.3 is 0 Å². The molecule has 0 radical (unpaired) electrons. The summed E-state index contributed by atoms with van der Waals surface area (Å²) in [5, 5.41) is 3.30. The number of nitrogens with zero attached hydrogens (tertiary/aromatic N) is 1. The van der Waals surface area contributed by atoms with Gasteiger partial charge in [-0.1, -0.05) is 0 Å². The molecule has 0 aliphatic carbocycles. The monoisotopic (exact) mass is 197 g/mol. The number of amides is 1. The number of hydrogen-bond donors (Lipinski definition) is 2. The SMILES string of the molecule is CONC(=O)CN1CC2=C(CNC2)C1. The summed E-state index contributed by atoms with van der Waals surface area (Å²) in [5.74, 6) is -0.0818. The summed E-state index contributed by atoms with van der Waals surface area (Å²) in [6.45, 7) is 4.22. The number of carbonyl (C=O) groups is 1. The van der Waals surface area contributed by atoms with Crippen molar-refractivity contribution in [2.24, 2.45) is 0 Å². The Bertz CT molecular complexity index is 259. The predicted molar refractivity (Wildman–Crippen MR) is 51.5 cm³/mol. The Kier molecular flexibility index (Phi) is 2.81. The topological polar surface area (TPSA) is 53.6 Å². The molecule has 2 heterocycles. The summed E-state index contributed by atoms with van der Waals surface area (Å²) in [7, 11) is 1.45. The van der Waals surface area contributed by atoms with Crippen LogP contribution in [0.15, 0.2) is 11.1 Å². The maximum atomic E-state index is 11.2. The summed E-state index contributed by atoms with van der Waals surface area (Å²) < 4.78 is 0. The second-order valence-corrected chi connectivity index (χ2v) is 3.69. The lowest BCUT2D eigenvalue weighted by Gasteiger charge is -2.16. The summed E-state index contributed by atoms with van der Waals surface area (Å²) >= 11 is 0. The zero-order valence-corrected chi connectivity index (χ0v) is 8.30. The molecule has 0 saturated heterocycles. The third-order valence-electron chi connectivity index (χ3n) is 2.59. The molecule has 0 aromatic carbocycles. The van der Waals surface area contributed by atoms with Crippen molar-refractivity contribution in [2.45, 2.75) is 0 Å². The summed E-state index contributed by atoms with van der Waals surface area (Å²) in [6.07, 6.45) is 0. The van der Waals surface area contributed by atoms with E-state index in [4.69, 9.17) is 0 Å². The Labute approximate surface area is 83.0 Å². The van der Waals surface area contributed by atoms with E-state index in [9.17, 15) is 4.79 Å². The highest BCUT2D eigenvalue weighted by molar-refractivity contribution is 5.77. The summed E-state index contributed by atoms with van der Waals surface area (Å²) in [4.78, 5) is 17.9. The van der Waals surface area contributed by atoms with Crippen molar-refractivity contribution in [1.82, 2.24) is 15.7 Å². The fourth-order valence-corrected chi connectivity index (χ4v) is 2.01. The van der Waals surface area contributed by atoms with E-state index in [1.165, 1.54) is 18.3 Å². The van der Waals surface area contributed by atoms with Crippen LogP contribution in [0.3, 0.4) is 0 Å². The van der Waals surface area contributed by atoms with Gasteiger partial charge in [0.1, 0.15) is 0 Å². The molecule has 78 valence electrons. The van der Waals surface area contributed by atoms with E-state index >= 15 is 0 Å². The molecule has 0 aromatic heterocycles. The van der Waals surface area contributed by atoms with Crippen LogP contribution in [-0.2, 0) is 9.63 Å². The van der Waals surface area contributed by atoms with Gasteiger partial charge in [-0.15, -0.1) is 0 Å². The second-order valence-electron chi connectivity index (χ2n) is 3.69. The number of nitrogens with one attached hydrogen (secondary N) is 2. The van der Waals surface area contributed by atoms with Crippen molar-refractivity contribution in [1.29, 1.82) is 0 Å². The van der Waals surface area contributed by atoms with Crippen LogP contribution < -0.4 is 10.8 Å². The lowest BCUT2D eigenvalue weighted by molar-refractivity contribution is -0.132. The zero-order valence-electron chi connectivity index (χ0n) is 8.30. The van der Waals surface area contributed by atoms with Crippen molar-refractivity contribution in [2.75, 3.05) is 39.8 Å². The molecule has 2 aliphatic rings. The molecule has 5 nitrogen and oxygen atoms in total. The highest BCUT2D eigenvalue weighted by Crippen LogP contribution is 2.19. The maximum Gasteiger partial charge on any atom is 0.257 e. The van der Waals surface area contributed by atoms with E-state index in [0.29, 0.717) is 6.54 Å². The van der Waals surface area contributed by atoms with Crippen LogP contribution in [0.5, 0.6) is 0 Å². The molecule has 1 amide bonds. The van der Waals surface area contributed by atoms with E-state index in [1.54, 1.807) is 0 Å². The van der Waals surface area contributed by atoms with Crippen LogP contribution >= 0.6 is 0 Å². The number of rotatable bonds is 3. The van der Waals surface area contributed by atoms with Gasteiger partial charge in [0.2, 0.25) is 0 Å². The van der Waals surface area contributed by atoms with Gasteiger partial charge in [-0.2, -0.15) is 0 Å². The Balaban J connectivity index is 1.79. The van der Waals surface area contributed by atoms with Gasteiger partial charge < -0.3 is 5.32 Å². The van der Waals surface area contributed by atoms with E-state index in [0.717, 1.165) is 26.2 Å². The van der Waals surface area contributed by atoms with Crippen LogP contribution in [0.2, 0.25) is 0 Å². The molecule has 0 fully saturated rings. The van der Waals surface area contributed by atoms with Gasteiger partial charge in [0.15, 0.2) is 0 Å². The lowest BCUT2D eigenvalue weighted by Crippen LogP contribution is -2.37. The zero-order chi connectivity index (χ0) is 9.97. The van der Waals surface area contributed by atoms with Crippen molar-refractivity contribution in [3.63, 3.8) is 0 Å². The van der Waals surface area contributed by atoms with E-state index in [2.05, 4.69) is 20.5 Å². The smallest absolute Gasteiger partial charge is 0.257 e. The first-order chi connectivity index (χ1) is 6.79. The van der Waals surface area contributed by atoms with E-state index in [-0.39, 0.29) is 5.91 Å². The fraction of sp³-hybridized carbons (Fsp3) is 0.667. The molecular weight excluding hydrogens is 182 g/mol. The molecule has 2 aliphatic heterocycles. The van der Waals surface area contributed by atoms with Crippen LogP contribution in [-0.4, -0.2) is 50.6 Å². The van der Waals surface area contributed by atoms with Gasteiger partial charge in [0.25, 0.3) is 5.91 Å². The van der Waals surface area contributed by atoms with Crippen LogP contribution in [0.4, 0.5) is 0 Å². The first-order valence-electron chi connectivity index (χ1n) is 4.74. The molecule has 2 N–H and O–H groups in total. The molecule has 0 unspecified atom stereocenters. The minimum Gasteiger partial charge on any atom is -0.309 e. The number of carbonyl (C=O) groups excluding carboxylic acids is 1. The van der Waals surface area contributed by atoms with Gasteiger partial charge in [-0.25, -0.2) is 5.48 Å². The van der Waals surface area contributed by atoms with Crippen molar-refractivity contribution in [3.8, 4) is 0 Å². The maximum absolute atomic E-state index is 11.2. The van der Waals surface area contributed by atoms with Gasteiger partial charge in [-0.3, -0.25) is 14.5 Å². The standard InChI is InChI=1S/C9H15N3O2/c1-14-11-9(13)6-12-4-7-2-10-3-8(7)5-12/h10H,2-6H2,1H3,(H,11,13). The van der Waals surface area contributed by atoms with Gasteiger partial charge in [0, 0.05) is 26.2 Å². The Hall–Kier alpha value is -0.910. The fourth-order valence-electron chi connectivity index (χ4n) is 2.01. The van der Waals surface area contributed by atoms with Crippen molar-refractivity contribution < 1.29 is 9.63 Å². The normalized spacial score (nSPS) is 21.5. The molecule has 14 heavy (non-hydrogen) atoms. The molecule has 0 bridgehead atoms. The van der Waals surface area contributed by atoms with Crippen molar-refractivity contribution >= 4 is 5.91 Å². The Morgan fingerprint density at radius 2 is 2.14 bits per heavy atom. The highest BCUT2D eigenvalue weighted by atomic mass is 16.6. The first-order valence-corrected chi connectivity index (χ1v) is 4.74. The third-order valence-corrected chi connectivity index (χ3v) is 2.59. The molecular formula is C9H15N3O2. The second kappa shape index (κ2) is 4.08. The molecule has 0 saturated carbocycles. The van der Waals surface area contributed by atoms with Gasteiger partial charge in [-0.05, 0) is 11.1 Å². The number of hydrogen-bond acceptors (Lipinski definition) is 4. The minimum atomic E-state index is -0.0818. The number of hydroxylamine groups is 1. The van der Waals surface area contributed by atoms with E-state index in [1.807, 2.05) is 0 Å². The summed E-state index contributed by atoms with van der Waals surface area (Å²) in [5.41, 5.74) is 5.23. The lowest BCUT2D eigenvalue weighted by atomic mass is 10.2. The van der Waals surface area contributed by atoms with Crippen LogP contribution in [0.1, 0.15) is 0 Å². The Morgan fingerprint density at radius 3 is 2.71 bits per heavy atom. The highest BCUT2D eigenvalue weighted by Gasteiger charge is 2.25. The predicted octanol–water partition coefficient (Wildman–Crippen LogP) is -1.12. The molecule has 0 spiro atoms. The van der Waals surface area contributed by atoms with Crippen molar-refractivity contribution in [3.05, 3.63) is 11.1 Å². The third kappa shape index (κ3) is 1.95. The minimum absolute atomic E-state index is 0.0818. The molecule has 2 rings (SSSR count). The largest absolute Gasteiger partial charge is 0.309 e. The van der Waals surface area contributed by atoms with Crippen LogP contribution in [0.25, 0.3) is 0 Å². The first kappa shape index (κ1) is 9.64. The van der Waals surface area contributed by atoms with Crippen LogP contribution in [0, 0.1) is 0 Å². The average Bonchev–Trinajstić information content (AvgIpc) is 2.63. The average molecular weight is 197 g/mol. The molecule has 5 heteroatoms.